The summed E-state index contributed by atoms with van der Waals surface area (Å²) >= 11 is 3.44. The molecule has 0 fully saturated rings. The van der Waals surface area contributed by atoms with Crippen molar-refractivity contribution >= 4 is 33.6 Å². The molecule has 6 heteroatoms. The fourth-order valence-corrected chi connectivity index (χ4v) is 2.85. The zero-order chi connectivity index (χ0) is 15.7. The molecule has 1 aliphatic rings. The molecule has 1 N–H and O–H groups in total. The van der Waals surface area contributed by atoms with Crippen molar-refractivity contribution in [3.63, 3.8) is 0 Å². The van der Waals surface area contributed by atoms with Gasteiger partial charge in [-0.3, -0.25) is 4.79 Å². The third-order valence-corrected chi connectivity index (χ3v) is 3.82. The third kappa shape index (κ3) is 2.69. The topological polar surface area (TPSA) is 58.6 Å². The molecule has 2 aromatic rings. The van der Waals surface area contributed by atoms with Gasteiger partial charge in [-0.15, -0.1) is 5.06 Å². The number of benzene rings is 2. The average Bonchev–Trinajstić information content (AvgIpc) is 2.49. The first-order valence-corrected chi connectivity index (χ1v) is 7.48. The van der Waals surface area contributed by atoms with E-state index in [0.29, 0.717) is 5.69 Å². The molecule has 5 nitrogen and oxygen atoms in total. The molecule has 3 rings (SSSR count). The fourth-order valence-electron chi connectivity index (χ4n) is 2.47. The second kappa shape index (κ2) is 5.81. The highest BCUT2D eigenvalue weighted by Gasteiger charge is 2.36. The van der Waals surface area contributed by atoms with Crippen molar-refractivity contribution in [2.45, 2.75) is 13.0 Å². The number of rotatable bonds is 2. The van der Waals surface area contributed by atoms with E-state index in [1.807, 2.05) is 48.5 Å². The number of hydroxylamine groups is 2. The van der Waals surface area contributed by atoms with E-state index in [-0.39, 0.29) is 0 Å². The molecule has 2 amide bonds. The maximum atomic E-state index is 12.3. The Morgan fingerprint density at radius 3 is 2.64 bits per heavy atom. The predicted molar refractivity (Wildman–Crippen MR) is 85.1 cm³/mol. The summed E-state index contributed by atoms with van der Waals surface area (Å²) in [6.07, 6.45) is 0. The van der Waals surface area contributed by atoms with Gasteiger partial charge >= 0.3 is 12.0 Å². The molecule has 1 heterocycles. The van der Waals surface area contributed by atoms with E-state index < -0.39 is 18.0 Å². The van der Waals surface area contributed by atoms with Crippen LogP contribution in [0.3, 0.4) is 0 Å². The Labute approximate surface area is 136 Å². The molecule has 2 aromatic carbocycles. The van der Waals surface area contributed by atoms with Gasteiger partial charge < -0.3 is 10.2 Å². The van der Waals surface area contributed by atoms with E-state index in [0.717, 1.165) is 20.7 Å². The number of urea groups is 1. The zero-order valence-corrected chi connectivity index (χ0v) is 13.3. The Kier molecular flexibility index (Phi) is 3.85. The Bertz CT molecular complexity index is 733. The van der Waals surface area contributed by atoms with Gasteiger partial charge in [-0.05, 0) is 23.8 Å². The first kappa shape index (κ1) is 14.6. The number of halogens is 1. The Balaban J connectivity index is 2.15. The summed E-state index contributed by atoms with van der Waals surface area (Å²) in [5.74, 6) is -0.547. The SMILES string of the molecule is CC(=O)ON1C(=O)Nc2ccc(Br)cc2C1c1ccccc1. The molecule has 0 saturated carbocycles. The molecule has 0 radical (unpaired) electrons. The van der Waals surface area contributed by atoms with Gasteiger partial charge in [0, 0.05) is 22.6 Å². The quantitative estimate of drug-likeness (QED) is 0.884. The van der Waals surface area contributed by atoms with E-state index in [9.17, 15) is 9.59 Å². The van der Waals surface area contributed by atoms with Gasteiger partial charge in [0.15, 0.2) is 0 Å². The van der Waals surface area contributed by atoms with Crippen molar-refractivity contribution < 1.29 is 14.4 Å². The van der Waals surface area contributed by atoms with E-state index in [1.54, 1.807) is 0 Å². The highest BCUT2D eigenvalue weighted by atomic mass is 79.9. The summed E-state index contributed by atoms with van der Waals surface area (Å²) in [4.78, 5) is 28.8. The van der Waals surface area contributed by atoms with Gasteiger partial charge in [0.25, 0.3) is 0 Å². The number of carbonyl (C=O) groups is 2. The maximum Gasteiger partial charge on any atom is 0.356 e. The summed E-state index contributed by atoms with van der Waals surface area (Å²) in [6, 6.07) is 14.0. The second-order valence-electron chi connectivity index (χ2n) is 4.88. The number of hydrogen-bond acceptors (Lipinski definition) is 3. The van der Waals surface area contributed by atoms with Gasteiger partial charge in [0.1, 0.15) is 6.04 Å². The highest BCUT2D eigenvalue weighted by molar-refractivity contribution is 9.10. The molecule has 0 aliphatic carbocycles. The van der Waals surface area contributed by atoms with Crippen molar-refractivity contribution in [1.29, 1.82) is 0 Å². The Morgan fingerprint density at radius 1 is 1.23 bits per heavy atom. The van der Waals surface area contributed by atoms with Crippen molar-refractivity contribution in [2.75, 3.05) is 5.32 Å². The maximum absolute atomic E-state index is 12.3. The minimum absolute atomic E-state index is 0.473. The summed E-state index contributed by atoms with van der Waals surface area (Å²) in [7, 11) is 0. The summed E-state index contributed by atoms with van der Waals surface area (Å²) in [5.41, 5.74) is 2.41. The van der Waals surface area contributed by atoms with Crippen LogP contribution in [0, 0.1) is 0 Å². The molecule has 1 unspecified atom stereocenters. The number of hydrogen-bond donors (Lipinski definition) is 1. The van der Waals surface area contributed by atoms with Crippen LogP contribution in [0.2, 0.25) is 0 Å². The summed E-state index contributed by atoms with van der Waals surface area (Å²) in [5, 5.41) is 3.81. The molecule has 0 bridgehead atoms. The standard InChI is InChI=1S/C16H13BrN2O3/c1-10(20)22-19-15(11-5-3-2-4-6-11)13-9-12(17)7-8-14(13)18-16(19)21/h2-9,15H,1H3,(H,18,21). The van der Waals surface area contributed by atoms with Crippen LogP contribution in [0.15, 0.2) is 53.0 Å². The van der Waals surface area contributed by atoms with Crippen molar-refractivity contribution in [3.05, 3.63) is 64.1 Å². The molecule has 1 atom stereocenters. The zero-order valence-electron chi connectivity index (χ0n) is 11.7. The minimum atomic E-state index is -0.547. The molecule has 0 spiro atoms. The van der Waals surface area contributed by atoms with Crippen LogP contribution in [0.4, 0.5) is 10.5 Å². The van der Waals surface area contributed by atoms with Gasteiger partial charge in [-0.2, -0.15) is 0 Å². The second-order valence-corrected chi connectivity index (χ2v) is 5.80. The number of carbonyl (C=O) groups excluding carboxylic acids is 2. The molecule has 112 valence electrons. The Morgan fingerprint density at radius 2 is 1.95 bits per heavy atom. The van der Waals surface area contributed by atoms with E-state index in [4.69, 9.17) is 4.84 Å². The lowest BCUT2D eigenvalue weighted by Gasteiger charge is -2.35. The molecular weight excluding hydrogens is 348 g/mol. The van der Waals surface area contributed by atoms with Crippen LogP contribution < -0.4 is 5.32 Å². The van der Waals surface area contributed by atoms with Crippen LogP contribution in [-0.2, 0) is 9.63 Å². The van der Waals surface area contributed by atoms with E-state index in [1.165, 1.54) is 6.92 Å². The van der Waals surface area contributed by atoms with Gasteiger partial charge in [-0.1, -0.05) is 46.3 Å². The molecule has 0 aromatic heterocycles. The van der Waals surface area contributed by atoms with Crippen LogP contribution in [-0.4, -0.2) is 17.1 Å². The van der Waals surface area contributed by atoms with Crippen LogP contribution in [0.1, 0.15) is 24.1 Å². The molecular formula is C16H13BrN2O3. The monoisotopic (exact) mass is 360 g/mol. The lowest BCUT2D eigenvalue weighted by molar-refractivity contribution is -0.179. The largest absolute Gasteiger partial charge is 0.356 e. The first-order chi connectivity index (χ1) is 10.6. The van der Waals surface area contributed by atoms with Crippen LogP contribution in [0.25, 0.3) is 0 Å². The van der Waals surface area contributed by atoms with E-state index in [2.05, 4.69) is 21.2 Å². The number of amides is 2. The number of anilines is 1. The smallest absolute Gasteiger partial charge is 0.336 e. The van der Waals surface area contributed by atoms with E-state index >= 15 is 0 Å². The molecule has 22 heavy (non-hydrogen) atoms. The normalized spacial score (nSPS) is 16.7. The number of nitrogens with zero attached hydrogens (tertiary/aromatic N) is 1. The highest BCUT2D eigenvalue weighted by Crippen LogP contribution is 2.39. The Hall–Kier alpha value is -2.34. The number of fused-ring (bicyclic) bond motifs is 1. The average molecular weight is 361 g/mol. The predicted octanol–water partition coefficient (Wildman–Crippen LogP) is 3.86. The van der Waals surface area contributed by atoms with Crippen molar-refractivity contribution in [3.8, 4) is 0 Å². The van der Waals surface area contributed by atoms with Crippen molar-refractivity contribution in [1.82, 2.24) is 5.06 Å². The summed E-state index contributed by atoms with van der Waals surface area (Å²) < 4.78 is 0.881. The van der Waals surface area contributed by atoms with Gasteiger partial charge in [0.05, 0.1) is 0 Å². The van der Waals surface area contributed by atoms with Gasteiger partial charge in [-0.25, -0.2) is 4.79 Å². The van der Waals surface area contributed by atoms with Crippen molar-refractivity contribution in [2.24, 2.45) is 0 Å². The molecule has 0 saturated heterocycles. The molecule has 1 aliphatic heterocycles. The lowest BCUT2D eigenvalue weighted by atomic mass is 9.95. The van der Waals surface area contributed by atoms with Crippen LogP contribution in [0.5, 0.6) is 0 Å². The third-order valence-electron chi connectivity index (χ3n) is 3.33. The first-order valence-electron chi connectivity index (χ1n) is 6.69. The van der Waals surface area contributed by atoms with Gasteiger partial charge in [0.2, 0.25) is 0 Å². The number of nitrogens with one attached hydrogen (secondary N) is 1. The fraction of sp³-hybridized carbons (Fsp3) is 0.125. The lowest BCUT2D eigenvalue weighted by Crippen LogP contribution is -2.43. The summed E-state index contributed by atoms with van der Waals surface area (Å²) in [6.45, 7) is 1.27. The minimum Gasteiger partial charge on any atom is -0.336 e. The van der Waals surface area contributed by atoms with Crippen LogP contribution >= 0.6 is 15.9 Å².